The van der Waals surface area contributed by atoms with Gasteiger partial charge in [-0.25, -0.2) is 0 Å². The van der Waals surface area contributed by atoms with Crippen LogP contribution in [-0.2, 0) is 18.9 Å². The van der Waals surface area contributed by atoms with Gasteiger partial charge in [-0.15, -0.1) is 0 Å². The van der Waals surface area contributed by atoms with E-state index in [9.17, 15) is 0 Å². The van der Waals surface area contributed by atoms with Crippen LogP contribution in [0.5, 0.6) is 0 Å². The van der Waals surface area contributed by atoms with Crippen LogP contribution in [0, 0.1) is 47.3 Å². The predicted molar refractivity (Wildman–Crippen MR) is 91.0 cm³/mol. The van der Waals surface area contributed by atoms with Crippen LogP contribution in [0.15, 0.2) is 0 Å². The third-order valence-corrected chi connectivity index (χ3v) is 14.7. The molecule has 28 heavy (non-hydrogen) atoms. The summed E-state index contributed by atoms with van der Waals surface area (Å²) in [5, 5.41) is 0. The van der Waals surface area contributed by atoms with Crippen LogP contribution >= 0.6 is 0 Å². The second kappa shape index (κ2) is 2.55. The molecule has 12 saturated carbocycles. The molecule has 0 unspecified atom stereocenters. The van der Waals surface area contributed by atoms with Crippen molar-refractivity contribution >= 4 is 0 Å². The lowest BCUT2D eigenvalue weighted by Gasteiger charge is -2.30. The SMILES string of the molecule is C1C2CC1C13OC14C1CC(C1)C41OC14C1CC(C1)C41OC14C1CC(C1)C41OC231. The maximum Gasteiger partial charge on any atom is 0.136 e. The third kappa shape index (κ3) is 0.566. The van der Waals surface area contributed by atoms with Gasteiger partial charge in [0.15, 0.2) is 0 Å². The summed E-state index contributed by atoms with van der Waals surface area (Å²) in [5.41, 5.74) is 0.219. The normalized spacial score (nSPS) is 96.0. The van der Waals surface area contributed by atoms with Crippen molar-refractivity contribution < 1.29 is 18.9 Å². The molecule has 8 bridgehead atoms. The summed E-state index contributed by atoms with van der Waals surface area (Å²) in [5.74, 6) is 6.05. The van der Waals surface area contributed by atoms with Gasteiger partial charge in [0.25, 0.3) is 0 Å². The number of rotatable bonds is 0. The first-order valence-corrected chi connectivity index (χ1v) is 12.5. The Morgan fingerprint density at radius 1 is 0.286 bits per heavy atom. The van der Waals surface area contributed by atoms with E-state index in [4.69, 9.17) is 18.9 Å². The molecule has 4 heteroatoms. The van der Waals surface area contributed by atoms with Crippen molar-refractivity contribution in [2.75, 3.05) is 0 Å². The van der Waals surface area contributed by atoms with Crippen LogP contribution in [0.1, 0.15) is 51.4 Å². The van der Waals surface area contributed by atoms with E-state index in [1.165, 1.54) is 51.4 Å². The Labute approximate surface area is 163 Å². The minimum Gasteiger partial charge on any atom is -0.355 e. The van der Waals surface area contributed by atoms with Crippen molar-refractivity contribution in [1.29, 1.82) is 0 Å². The van der Waals surface area contributed by atoms with Gasteiger partial charge in [-0.2, -0.15) is 0 Å². The fourth-order valence-electron chi connectivity index (χ4n) is 14.4. The molecule has 12 aliphatic carbocycles. The quantitative estimate of drug-likeness (QED) is 0.608. The molecule has 4 aliphatic heterocycles. The molecule has 4 nitrogen and oxygen atoms in total. The average molecular weight is 376 g/mol. The van der Waals surface area contributed by atoms with Crippen LogP contribution < -0.4 is 0 Å². The van der Waals surface area contributed by atoms with E-state index in [2.05, 4.69) is 0 Å². The molecular formula is C24H24O4. The van der Waals surface area contributed by atoms with Gasteiger partial charge in [-0.1, -0.05) is 0 Å². The molecule has 16 aliphatic rings. The lowest BCUT2D eigenvalue weighted by Crippen LogP contribution is -2.59. The highest BCUT2D eigenvalue weighted by Crippen LogP contribution is 3.06. The van der Waals surface area contributed by atoms with E-state index < -0.39 is 0 Å². The number of epoxide rings is 4. The molecule has 144 valence electrons. The first kappa shape index (κ1) is 12.6. The van der Waals surface area contributed by atoms with E-state index in [1.54, 1.807) is 0 Å². The predicted octanol–water partition coefficient (Wildman–Crippen LogP) is 2.19. The van der Waals surface area contributed by atoms with Crippen molar-refractivity contribution in [2.24, 2.45) is 47.3 Å². The summed E-state index contributed by atoms with van der Waals surface area (Å²) >= 11 is 0. The highest BCUT2D eigenvalue weighted by molar-refractivity contribution is 5.69. The Kier molecular flexibility index (Phi) is 1.15. The monoisotopic (exact) mass is 376 g/mol. The Morgan fingerprint density at radius 2 is 0.429 bits per heavy atom. The summed E-state index contributed by atoms with van der Waals surface area (Å²) < 4.78 is 29.4. The van der Waals surface area contributed by atoms with Crippen molar-refractivity contribution in [1.82, 2.24) is 0 Å². The molecule has 0 aromatic rings. The molecule has 0 radical (unpaired) electrons. The Hall–Kier alpha value is -0.160. The van der Waals surface area contributed by atoms with Crippen LogP contribution in [0.2, 0.25) is 0 Å². The Balaban J connectivity index is 1.26. The van der Waals surface area contributed by atoms with Gasteiger partial charge >= 0.3 is 0 Å². The zero-order valence-corrected chi connectivity index (χ0v) is 15.9. The number of ether oxygens (including phenoxy) is 4. The maximum atomic E-state index is 7.35. The van der Waals surface area contributed by atoms with Gasteiger partial charge in [0.2, 0.25) is 0 Å². The zero-order chi connectivity index (χ0) is 17.1. The van der Waals surface area contributed by atoms with Crippen LogP contribution in [-0.4, -0.2) is 44.8 Å². The Bertz CT molecular complexity index is 794. The standard InChI is InChI=1S/C24H24O4/c1-9-2-10(1)18-17(9)19(25-17)11-3-13(4-11)21(19)23(27-21)15-7-16(8-15)24(23)22(28-24)14-5-12(6-14)20(18,22)26-18/h9-16H,1-8H2. The average Bonchev–Trinajstić information content (AvgIpc) is 3.31. The molecule has 8 spiro atoms. The molecule has 0 aromatic carbocycles. The second-order valence-electron chi connectivity index (χ2n) is 13.8. The zero-order valence-electron chi connectivity index (χ0n) is 15.9. The smallest absolute Gasteiger partial charge is 0.136 e. The maximum absolute atomic E-state index is 7.35. The van der Waals surface area contributed by atoms with Gasteiger partial charge in [0, 0.05) is 0 Å². The first-order valence-electron chi connectivity index (χ1n) is 12.5. The van der Waals surface area contributed by atoms with Gasteiger partial charge in [-0.3, -0.25) is 0 Å². The summed E-state index contributed by atoms with van der Waals surface area (Å²) in [6.07, 6.45) is 11.0. The minimum atomic E-state index is 0.0274. The highest BCUT2D eigenvalue weighted by Gasteiger charge is 3.22. The molecule has 0 N–H and O–H groups in total. The van der Waals surface area contributed by atoms with Crippen LogP contribution in [0.3, 0.4) is 0 Å². The topological polar surface area (TPSA) is 50.1 Å². The number of hydrogen-bond acceptors (Lipinski definition) is 4. The minimum absolute atomic E-state index is 0.0274. The first-order chi connectivity index (χ1) is 13.7. The highest BCUT2D eigenvalue weighted by atomic mass is 16.8. The van der Waals surface area contributed by atoms with Crippen LogP contribution in [0.25, 0.3) is 0 Å². The van der Waals surface area contributed by atoms with Crippen molar-refractivity contribution in [3.63, 3.8) is 0 Å². The lowest BCUT2D eigenvalue weighted by molar-refractivity contribution is 0.152. The second-order valence-corrected chi connectivity index (χ2v) is 13.8. The van der Waals surface area contributed by atoms with Crippen LogP contribution in [0.4, 0.5) is 0 Å². The summed E-state index contributed by atoms with van der Waals surface area (Å²) in [4.78, 5) is 0. The largest absolute Gasteiger partial charge is 0.355 e. The van der Waals surface area contributed by atoms with Crippen molar-refractivity contribution in [3.05, 3.63) is 0 Å². The summed E-state index contributed by atoms with van der Waals surface area (Å²) in [7, 11) is 0. The van der Waals surface area contributed by atoms with Gasteiger partial charge < -0.3 is 18.9 Å². The third-order valence-electron chi connectivity index (χ3n) is 14.7. The molecule has 16 fully saturated rings. The molecule has 4 saturated heterocycles. The van der Waals surface area contributed by atoms with E-state index >= 15 is 0 Å². The molecule has 16 rings (SSSR count). The summed E-state index contributed by atoms with van der Waals surface area (Å²) in [6.45, 7) is 0. The molecule has 0 atom stereocenters. The van der Waals surface area contributed by atoms with E-state index in [-0.39, 0.29) is 44.8 Å². The Morgan fingerprint density at radius 3 is 0.571 bits per heavy atom. The molecule has 4 heterocycles. The fourth-order valence-corrected chi connectivity index (χ4v) is 14.4. The molecule has 0 amide bonds. The fraction of sp³-hybridized carbons (Fsp3) is 1.00. The van der Waals surface area contributed by atoms with Gasteiger partial charge in [0.05, 0.1) is 0 Å². The van der Waals surface area contributed by atoms with Crippen molar-refractivity contribution in [2.45, 2.75) is 96.2 Å². The molecule has 0 aromatic heterocycles. The summed E-state index contributed by atoms with van der Waals surface area (Å²) in [6, 6.07) is 0. The number of hydrogen-bond donors (Lipinski definition) is 0. The van der Waals surface area contributed by atoms with Crippen molar-refractivity contribution in [3.8, 4) is 0 Å². The van der Waals surface area contributed by atoms with Gasteiger partial charge in [-0.05, 0) is 98.7 Å². The van der Waals surface area contributed by atoms with E-state index in [1.807, 2.05) is 0 Å². The van der Waals surface area contributed by atoms with E-state index in [0.29, 0.717) is 0 Å². The van der Waals surface area contributed by atoms with E-state index in [0.717, 1.165) is 47.3 Å². The van der Waals surface area contributed by atoms with Gasteiger partial charge in [0.1, 0.15) is 44.8 Å². The lowest BCUT2D eigenvalue weighted by atomic mass is 9.60. The molecular weight excluding hydrogens is 352 g/mol.